The van der Waals surface area contributed by atoms with Gasteiger partial charge in [-0.25, -0.2) is 0 Å². The number of aliphatic hydroxyl groups excluding tert-OH is 1. The van der Waals surface area contributed by atoms with Crippen LogP contribution in [-0.2, 0) is 6.42 Å². The number of methoxy groups -OCH3 is 1. The van der Waals surface area contributed by atoms with Gasteiger partial charge in [0.05, 0.1) is 7.11 Å². The first kappa shape index (κ1) is 28.2. The van der Waals surface area contributed by atoms with Crippen molar-refractivity contribution >= 4 is 30.2 Å². The topological polar surface area (TPSA) is 122 Å². The Balaban J connectivity index is 1.73. The summed E-state index contributed by atoms with van der Waals surface area (Å²) in [6.07, 6.45) is 3.60. The van der Waals surface area contributed by atoms with Crippen LogP contribution in [0, 0.1) is 4.91 Å². The largest absolute Gasteiger partial charge is 0.508 e. The summed E-state index contributed by atoms with van der Waals surface area (Å²) in [5.41, 5.74) is 3.09. The summed E-state index contributed by atoms with van der Waals surface area (Å²) >= 11 is 4.52. The SMILES string of the molecule is COc1cc(O/C(=C\c2ccc(CCNCCCCC(O)O)cc2)c2ccc(O)cc2S)ccc1[NH+]=O. The molecular weight excluding hydrogens is 492 g/mol. The van der Waals surface area contributed by atoms with Gasteiger partial charge in [0.15, 0.2) is 12.0 Å². The molecule has 3 aromatic rings. The van der Waals surface area contributed by atoms with Crippen LogP contribution >= 0.6 is 12.6 Å². The number of thiol groups is 1. The average Bonchev–Trinajstić information content (AvgIpc) is 2.88. The molecule has 0 aliphatic rings. The molecule has 0 aliphatic heterocycles. The fourth-order valence-corrected chi connectivity index (χ4v) is 4.02. The number of hydrogen-bond donors (Lipinski definition) is 6. The molecule has 5 N–H and O–H groups in total. The summed E-state index contributed by atoms with van der Waals surface area (Å²) in [6, 6.07) is 17.8. The number of aliphatic hydroxyl groups is 2. The first-order chi connectivity index (χ1) is 17.9. The zero-order valence-electron chi connectivity index (χ0n) is 20.7. The van der Waals surface area contributed by atoms with Gasteiger partial charge in [-0.1, -0.05) is 24.3 Å². The van der Waals surface area contributed by atoms with Gasteiger partial charge in [0.2, 0.25) is 0 Å². The van der Waals surface area contributed by atoms with Crippen molar-refractivity contribution in [2.45, 2.75) is 36.9 Å². The van der Waals surface area contributed by atoms with Crippen molar-refractivity contribution in [3.63, 3.8) is 0 Å². The Kier molecular flexibility index (Phi) is 11.0. The van der Waals surface area contributed by atoms with Gasteiger partial charge in [0, 0.05) is 32.7 Å². The molecule has 196 valence electrons. The summed E-state index contributed by atoms with van der Waals surface area (Å²) in [4.78, 5) is 11.7. The van der Waals surface area contributed by atoms with E-state index in [0.29, 0.717) is 39.8 Å². The van der Waals surface area contributed by atoms with Crippen LogP contribution in [0.5, 0.6) is 17.2 Å². The number of phenolic OH excluding ortho intramolecular Hbond substituents is 1. The lowest BCUT2D eigenvalue weighted by Gasteiger charge is -2.14. The van der Waals surface area contributed by atoms with Gasteiger partial charge in [-0.15, -0.1) is 12.6 Å². The summed E-state index contributed by atoms with van der Waals surface area (Å²) < 4.78 is 11.5. The minimum Gasteiger partial charge on any atom is -0.508 e. The zero-order chi connectivity index (χ0) is 26.6. The second-order valence-electron chi connectivity index (χ2n) is 8.49. The van der Waals surface area contributed by atoms with E-state index < -0.39 is 6.29 Å². The molecule has 3 aromatic carbocycles. The predicted octanol–water partition coefficient (Wildman–Crippen LogP) is 3.36. The van der Waals surface area contributed by atoms with Gasteiger partial charge >= 0.3 is 0 Å². The minimum absolute atomic E-state index is 0.101. The molecule has 0 spiro atoms. The molecule has 0 atom stereocenters. The first-order valence-electron chi connectivity index (χ1n) is 12.0. The van der Waals surface area contributed by atoms with Crippen LogP contribution in [0.4, 0.5) is 5.69 Å². The van der Waals surface area contributed by atoms with Crippen LogP contribution in [-0.4, -0.2) is 41.8 Å². The Morgan fingerprint density at radius 3 is 2.51 bits per heavy atom. The second-order valence-corrected chi connectivity index (χ2v) is 8.98. The van der Waals surface area contributed by atoms with E-state index in [-0.39, 0.29) is 5.75 Å². The van der Waals surface area contributed by atoms with Gasteiger partial charge in [0.25, 0.3) is 5.69 Å². The zero-order valence-corrected chi connectivity index (χ0v) is 21.6. The number of ether oxygens (including phenoxy) is 2. The highest BCUT2D eigenvalue weighted by atomic mass is 32.1. The Morgan fingerprint density at radius 2 is 1.84 bits per heavy atom. The smallest absolute Gasteiger partial charge is 0.295 e. The second kappa shape index (κ2) is 14.4. The average molecular weight is 526 g/mol. The van der Waals surface area contributed by atoms with Crippen molar-refractivity contribution in [3.8, 4) is 17.2 Å². The predicted molar refractivity (Wildman–Crippen MR) is 146 cm³/mol. The maximum atomic E-state index is 11.1. The van der Waals surface area contributed by atoms with Crippen molar-refractivity contribution in [1.82, 2.24) is 5.32 Å². The molecule has 37 heavy (non-hydrogen) atoms. The number of rotatable bonds is 14. The maximum Gasteiger partial charge on any atom is 0.295 e. The molecule has 0 aliphatic carbocycles. The number of unbranched alkanes of at least 4 members (excludes halogenated alkanes) is 1. The quantitative estimate of drug-likeness (QED) is 0.0627. The third kappa shape index (κ3) is 8.91. The molecule has 0 saturated heterocycles. The number of benzene rings is 3. The van der Waals surface area contributed by atoms with Gasteiger partial charge in [0.1, 0.15) is 17.3 Å². The van der Waals surface area contributed by atoms with Crippen LogP contribution in [0.25, 0.3) is 11.8 Å². The van der Waals surface area contributed by atoms with E-state index in [1.54, 1.807) is 36.4 Å². The Hall–Kier alpha value is -3.37. The van der Waals surface area contributed by atoms with Crippen molar-refractivity contribution in [3.05, 3.63) is 82.3 Å². The van der Waals surface area contributed by atoms with E-state index in [4.69, 9.17) is 19.7 Å². The van der Waals surface area contributed by atoms with E-state index in [0.717, 1.165) is 37.9 Å². The lowest BCUT2D eigenvalue weighted by atomic mass is 10.1. The summed E-state index contributed by atoms with van der Waals surface area (Å²) in [6.45, 7) is 1.67. The van der Waals surface area contributed by atoms with E-state index >= 15 is 0 Å². The highest BCUT2D eigenvalue weighted by Gasteiger charge is 2.14. The van der Waals surface area contributed by atoms with Crippen molar-refractivity contribution in [2.24, 2.45) is 0 Å². The number of hydrogen-bond acceptors (Lipinski definition) is 8. The van der Waals surface area contributed by atoms with Gasteiger partial charge < -0.3 is 30.1 Å². The molecule has 0 radical (unpaired) electrons. The van der Waals surface area contributed by atoms with Crippen LogP contribution in [0.15, 0.2) is 65.6 Å². The highest BCUT2D eigenvalue weighted by molar-refractivity contribution is 7.80. The van der Waals surface area contributed by atoms with E-state index in [1.807, 2.05) is 23.4 Å². The maximum absolute atomic E-state index is 11.1. The molecule has 0 saturated carbocycles. The molecule has 8 nitrogen and oxygen atoms in total. The molecule has 9 heteroatoms. The van der Waals surface area contributed by atoms with Crippen molar-refractivity contribution in [1.29, 1.82) is 0 Å². The molecule has 0 aromatic heterocycles. The van der Waals surface area contributed by atoms with Crippen LogP contribution in [0.3, 0.4) is 0 Å². The summed E-state index contributed by atoms with van der Waals surface area (Å²) in [5, 5.41) is 32.8. The summed E-state index contributed by atoms with van der Waals surface area (Å²) in [5.74, 6) is 1.44. The Bertz CT molecular complexity index is 1200. The Labute approximate surface area is 222 Å². The molecule has 0 unspecified atom stereocenters. The van der Waals surface area contributed by atoms with Gasteiger partial charge in [-0.3, -0.25) is 0 Å². The fourth-order valence-electron chi connectivity index (χ4n) is 3.70. The molecule has 0 heterocycles. The number of nitroso groups, excluding NO2 is 1. The van der Waals surface area contributed by atoms with Crippen molar-refractivity contribution < 1.29 is 30.0 Å². The molecule has 3 rings (SSSR count). The standard InChI is InChI=1S/C28H32N2O6S/c1-35-26-18-22(10-12-24(26)30-34)36-25(23-11-9-21(31)17-27(23)37)16-20-7-5-19(6-8-20)13-15-29-14-3-2-4-28(32)33/h5-12,16-18,28-29,31-33,37H,2-4,13-15H2,1H3/p+1/b25-16-. The Morgan fingerprint density at radius 1 is 1.05 bits per heavy atom. The van der Waals surface area contributed by atoms with Crippen molar-refractivity contribution in [2.75, 3.05) is 20.2 Å². The normalized spacial score (nSPS) is 11.5. The number of nitrogens with one attached hydrogen (secondary N) is 2. The lowest BCUT2D eigenvalue weighted by molar-refractivity contribution is -0.380. The molecule has 0 amide bonds. The molecular formula is C28H33N2O6S+. The fraction of sp³-hybridized carbons (Fsp3) is 0.286. The number of aromatic hydroxyl groups is 1. The molecule has 0 fully saturated rings. The lowest BCUT2D eigenvalue weighted by Crippen LogP contribution is -2.55. The monoisotopic (exact) mass is 525 g/mol. The number of phenols is 1. The minimum atomic E-state index is -1.23. The third-order valence-corrected chi connectivity index (χ3v) is 6.06. The highest BCUT2D eigenvalue weighted by Crippen LogP contribution is 2.33. The van der Waals surface area contributed by atoms with E-state index in [2.05, 4.69) is 30.1 Å². The van der Waals surface area contributed by atoms with Crippen LogP contribution in [0.2, 0.25) is 0 Å². The first-order valence-corrected chi connectivity index (χ1v) is 12.5. The third-order valence-electron chi connectivity index (χ3n) is 5.69. The van der Waals surface area contributed by atoms with Crippen LogP contribution in [0.1, 0.15) is 36.0 Å². The van der Waals surface area contributed by atoms with E-state index in [9.17, 15) is 10.0 Å². The molecule has 0 bridgehead atoms. The van der Waals surface area contributed by atoms with Gasteiger partial charge in [-0.05, 0) is 80.2 Å². The summed E-state index contributed by atoms with van der Waals surface area (Å²) in [7, 11) is 1.47. The van der Waals surface area contributed by atoms with Crippen LogP contribution < -0.4 is 20.0 Å². The van der Waals surface area contributed by atoms with Gasteiger partial charge in [-0.2, -0.15) is 0 Å². The van der Waals surface area contributed by atoms with E-state index in [1.165, 1.54) is 12.7 Å².